The van der Waals surface area contributed by atoms with Crippen molar-refractivity contribution in [3.8, 4) is 6.07 Å². The van der Waals surface area contributed by atoms with Crippen LogP contribution in [0.5, 0.6) is 0 Å². The van der Waals surface area contributed by atoms with Gasteiger partial charge in [-0.15, -0.1) is 0 Å². The summed E-state index contributed by atoms with van der Waals surface area (Å²) in [7, 11) is 2.19. The number of fused-ring (bicyclic) bond motifs is 1. The molecule has 6 nitrogen and oxygen atoms in total. The van der Waals surface area contributed by atoms with Gasteiger partial charge in [-0.05, 0) is 45.2 Å². The third-order valence-electron chi connectivity index (χ3n) is 5.94. The summed E-state index contributed by atoms with van der Waals surface area (Å²) in [6.45, 7) is 10.4. The predicted octanol–water partition coefficient (Wildman–Crippen LogP) is 2.34. The minimum atomic E-state index is 0.170. The molecule has 1 aromatic carbocycles. The van der Waals surface area contributed by atoms with Gasteiger partial charge in [0.15, 0.2) is 0 Å². The van der Waals surface area contributed by atoms with E-state index in [0.29, 0.717) is 11.6 Å². The number of anilines is 1. The minimum Gasteiger partial charge on any atom is -0.370 e. The van der Waals surface area contributed by atoms with Gasteiger partial charge in [0, 0.05) is 62.6 Å². The third kappa shape index (κ3) is 3.83. The highest BCUT2D eigenvalue weighted by molar-refractivity contribution is 5.95. The first-order valence-electron chi connectivity index (χ1n) is 10.2. The number of hydrogen-bond acceptors (Lipinski definition) is 6. The fourth-order valence-electron chi connectivity index (χ4n) is 4.58. The van der Waals surface area contributed by atoms with Gasteiger partial charge in [0.05, 0.1) is 23.3 Å². The van der Waals surface area contributed by atoms with Crippen molar-refractivity contribution < 1.29 is 4.74 Å². The second kappa shape index (κ2) is 8.04. The van der Waals surface area contributed by atoms with Crippen LogP contribution in [0.25, 0.3) is 10.9 Å². The maximum atomic E-state index is 9.41. The van der Waals surface area contributed by atoms with Crippen LogP contribution in [0.1, 0.15) is 19.4 Å². The largest absolute Gasteiger partial charge is 0.370 e. The molecule has 0 unspecified atom stereocenters. The van der Waals surface area contributed by atoms with E-state index in [1.807, 2.05) is 12.1 Å². The second-order valence-corrected chi connectivity index (χ2v) is 8.22. The van der Waals surface area contributed by atoms with Crippen LogP contribution in [0.15, 0.2) is 30.5 Å². The van der Waals surface area contributed by atoms with Gasteiger partial charge in [-0.1, -0.05) is 0 Å². The topological polar surface area (TPSA) is 55.6 Å². The van der Waals surface area contributed by atoms with Crippen LogP contribution < -0.4 is 4.90 Å². The molecule has 148 valence electrons. The van der Waals surface area contributed by atoms with E-state index < -0.39 is 0 Å². The van der Waals surface area contributed by atoms with E-state index in [2.05, 4.69) is 58.8 Å². The molecule has 0 radical (unpaired) electrons. The molecule has 2 aliphatic rings. The van der Waals surface area contributed by atoms with E-state index in [-0.39, 0.29) is 12.2 Å². The molecule has 1 aromatic heterocycles. The van der Waals surface area contributed by atoms with Gasteiger partial charge in [-0.3, -0.25) is 9.88 Å². The zero-order valence-corrected chi connectivity index (χ0v) is 17.0. The SMILES string of the molecule is C[C@@H]1CN(c2ccc(C#N)c3ncccc23)C[C@@H](CN2CCN(C)C[C@H]2C)O1. The van der Waals surface area contributed by atoms with E-state index in [9.17, 15) is 5.26 Å². The van der Waals surface area contributed by atoms with E-state index >= 15 is 0 Å². The quantitative estimate of drug-likeness (QED) is 0.816. The summed E-state index contributed by atoms with van der Waals surface area (Å²) in [4.78, 5) is 11.8. The Balaban J connectivity index is 1.56. The summed E-state index contributed by atoms with van der Waals surface area (Å²) in [5, 5.41) is 10.5. The van der Waals surface area contributed by atoms with Crippen molar-refractivity contribution >= 4 is 16.6 Å². The van der Waals surface area contributed by atoms with Crippen molar-refractivity contribution in [3.63, 3.8) is 0 Å². The summed E-state index contributed by atoms with van der Waals surface area (Å²) in [6.07, 6.45) is 2.10. The lowest BCUT2D eigenvalue weighted by Crippen LogP contribution is -2.56. The first-order valence-corrected chi connectivity index (χ1v) is 10.2. The molecule has 0 amide bonds. The average Bonchev–Trinajstić information content (AvgIpc) is 2.69. The van der Waals surface area contributed by atoms with Crippen molar-refractivity contribution in [2.75, 3.05) is 51.2 Å². The first kappa shape index (κ1) is 19.1. The lowest BCUT2D eigenvalue weighted by molar-refractivity contribution is -0.0449. The summed E-state index contributed by atoms with van der Waals surface area (Å²) in [5.41, 5.74) is 2.56. The Labute approximate surface area is 167 Å². The number of benzene rings is 1. The van der Waals surface area contributed by atoms with Gasteiger partial charge >= 0.3 is 0 Å². The number of ether oxygens (including phenoxy) is 1. The highest BCUT2D eigenvalue weighted by Gasteiger charge is 2.30. The number of aromatic nitrogens is 1. The molecule has 2 aliphatic heterocycles. The molecule has 2 fully saturated rings. The third-order valence-corrected chi connectivity index (χ3v) is 5.94. The Morgan fingerprint density at radius 3 is 2.82 bits per heavy atom. The van der Waals surface area contributed by atoms with Gasteiger partial charge in [0.25, 0.3) is 0 Å². The van der Waals surface area contributed by atoms with Crippen LogP contribution in [0.2, 0.25) is 0 Å². The fraction of sp³-hybridized carbons (Fsp3) is 0.545. The van der Waals surface area contributed by atoms with Gasteiger partial charge in [0.1, 0.15) is 6.07 Å². The predicted molar refractivity (Wildman–Crippen MR) is 112 cm³/mol. The van der Waals surface area contributed by atoms with Crippen molar-refractivity contribution in [2.45, 2.75) is 32.1 Å². The number of nitriles is 1. The van der Waals surface area contributed by atoms with E-state index in [1.54, 1.807) is 6.20 Å². The molecule has 3 heterocycles. The summed E-state index contributed by atoms with van der Waals surface area (Å²) in [6, 6.07) is 10.8. The molecule has 6 heteroatoms. The van der Waals surface area contributed by atoms with Crippen LogP contribution in [-0.4, -0.2) is 79.3 Å². The minimum absolute atomic E-state index is 0.170. The number of hydrogen-bond donors (Lipinski definition) is 0. The normalized spacial score (nSPS) is 27.1. The summed E-state index contributed by atoms with van der Waals surface area (Å²) >= 11 is 0. The molecule has 2 aromatic rings. The molecule has 28 heavy (non-hydrogen) atoms. The van der Waals surface area contributed by atoms with Crippen molar-refractivity contribution in [1.82, 2.24) is 14.8 Å². The summed E-state index contributed by atoms with van der Waals surface area (Å²) < 4.78 is 6.31. The van der Waals surface area contributed by atoms with Gasteiger partial charge in [-0.2, -0.15) is 5.26 Å². The Bertz CT molecular complexity index is 879. The van der Waals surface area contributed by atoms with Crippen LogP contribution in [0.3, 0.4) is 0 Å². The van der Waals surface area contributed by atoms with Crippen LogP contribution in [0, 0.1) is 11.3 Å². The smallest absolute Gasteiger partial charge is 0.101 e. The van der Waals surface area contributed by atoms with Crippen molar-refractivity contribution in [2.24, 2.45) is 0 Å². The molecule has 4 rings (SSSR count). The highest BCUT2D eigenvalue weighted by Crippen LogP contribution is 2.30. The molecule has 0 aliphatic carbocycles. The first-order chi connectivity index (χ1) is 13.5. The molecule has 0 spiro atoms. The maximum Gasteiger partial charge on any atom is 0.101 e. The number of likely N-dealkylation sites (N-methyl/N-ethyl adjacent to an activating group) is 1. The van der Waals surface area contributed by atoms with Crippen molar-refractivity contribution in [1.29, 1.82) is 5.26 Å². The standard InChI is InChI=1S/C22H29N5O/c1-16-12-25(3)9-10-26(16)14-19-15-27(13-17(2)28-19)21-7-6-18(11-23)22-20(21)5-4-8-24-22/h4-8,16-17,19H,9-10,12-15H2,1-3H3/t16-,17-,19-/m1/s1. The zero-order chi connectivity index (χ0) is 19.7. The Kier molecular flexibility index (Phi) is 5.49. The van der Waals surface area contributed by atoms with Gasteiger partial charge in [0.2, 0.25) is 0 Å². The van der Waals surface area contributed by atoms with E-state index in [1.165, 1.54) is 0 Å². The number of pyridine rings is 1. The van der Waals surface area contributed by atoms with E-state index in [0.717, 1.165) is 55.9 Å². The van der Waals surface area contributed by atoms with Crippen LogP contribution >= 0.6 is 0 Å². The average molecular weight is 380 g/mol. The highest BCUT2D eigenvalue weighted by atomic mass is 16.5. The fourth-order valence-corrected chi connectivity index (χ4v) is 4.58. The maximum absolute atomic E-state index is 9.41. The molecule has 0 N–H and O–H groups in total. The van der Waals surface area contributed by atoms with Gasteiger partial charge in [-0.25, -0.2) is 0 Å². The lowest BCUT2D eigenvalue weighted by atomic mass is 10.1. The van der Waals surface area contributed by atoms with Crippen LogP contribution in [-0.2, 0) is 4.74 Å². The van der Waals surface area contributed by atoms with Crippen molar-refractivity contribution in [3.05, 3.63) is 36.0 Å². The Hall–Kier alpha value is -2.20. The van der Waals surface area contributed by atoms with Crippen LogP contribution in [0.4, 0.5) is 5.69 Å². The number of piperazine rings is 1. The monoisotopic (exact) mass is 379 g/mol. The lowest BCUT2D eigenvalue weighted by Gasteiger charge is -2.44. The zero-order valence-electron chi connectivity index (χ0n) is 17.0. The summed E-state index contributed by atoms with van der Waals surface area (Å²) in [5.74, 6) is 0. The van der Waals surface area contributed by atoms with E-state index in [4.69, 9.17) is 4.74 Å². The number of rotatable bonds is 3. The Morgan fingerprint density at radius 2 is 2.04 bits per heavy atom. The molecule has 3 atom stereocenters. The molecular formula is C22H29N5O. The molecule has 0 saturated carbocycles. The molecule has 2 saturated heterocycles. The number of morpholine rings is 1. The number of nitrogens with zero attached hydrogens (tertiary/aromatic N) is 5. The molecular weight excluding hydrogens is 350 g/mol. The molecule has 0 bridgehead atoms. The second-order valence-electron chi connectivity index (χ2n) is 8.22. The Morgan fingerprint density at radius 1 is 1.18 bits per heavy atom. The van der Waals surface area contributed by atoms with Gasteiger partial charge < -0.3 is 14.5 Å².